The number of para-hydroxylation sites is 1. The van der Waals surface area contributed by atoms with E-state index in [-0.39, 0.29) is 29.1 Å². The molecule has 10 heteroatoms. The van der Waals surface area contributed by atoms with Gasteiger partial charge in [0.05, 0.1) is 17.7 Å². The molecule has 0 radical (unpaired) electrons. The lowest BCUT2D eigenvalue weighted by molar-refractivity contribution is -0.140. The quantitative estimate of drug-likeness (QED) is 0.358. The molecule has 0 saturated carbocycles. The first-order chi connectivity index (χ1) is 18.6. The van der Waals surface area contributed by atoms with E-state index < -0.39 is 34.3 Å². The fraction of sp³-hybridized carbons (Fsp3) is 0.310. The third-order valence-corrected chi connectivity index (χ3v) is 7.82. The van der Waals surface area contributed by atoms with Gasteiger partial charge in [0.25, 0.3) is 10.0 Å². The number of nitrogens with zero attached hydrogens (tertiary/aromatic N) is 2. The molecule has 3 aromatic carbocycles. The molecule has 0 aliphatic carbocycles. The number of amides is 2. The van der Waals surface area contributed by atoms with Gasteiger partial charge in [-0.3, -0.25) is 13.9 Å². The van der Waals surface area contributed by atoms with Crippen molar-refractivity contribution in [1.82, 2.24) is 10.2 Å². The molecule has 39 heavy (non-hydrogen) atoms. The highest BCUT2D eigenvalue weighted by Gasteiger charge is 2.33. The van der Waals surface area contributed by atoms with Crippen molar-refractivity contribution in [1.29, 1.82) is 0 Å². The zero-order valence-electron chi connectivity index (χ0n) is 22.5. The van der Waals surface area contributed by atoms with Gasteiger partial charge in [-0.15, -0.1) is 0 Å². The van der Waals surface area contributed by atoms with E-state index in [4.69, 9.17) is 4.74 Å². The van der Waals surface area contributed by atoms with Crippen LogP contribution >= 0.6 is 0 Å². The first kappa shape index (κ1) is 29.6. The van der Waals surface area contributed by atoms with Gasteiger partial charge in [-0.1, -0.05) is 37.3 Å². The van der Waals surface area contributed by atoms with Crippen molar-refractivity contribution >= 4 is 27.5 Å². The van der Waals surface area contributed by atoms with Crippen molar-refractivity contribution in [3.05, 3.63) is 90.2 Å². The van der Waals surface area contributed by atoms with Crippen molar-refractivity contribution < 1.29 is 27.1 Å². The molecule has 0 fully saturated rings. The number of anilines is 1. The second-order valence-electron chi connectivity index (χ2n) is 9.26. The number of hydrogen-bond acceptors (Lipinski definition) is 5. The van der Waals surface area contributed by atoms with Crippen LogP contribution in [0.25, 0.3) is 0 Å². The third-order valence-electron chi connectivity index (χ3n) is 6.03. The molecule has 0 bridgehead atoms. The summed E-state index contributed by atoms with van der Waals surface area (Å²) in [6.07, 6.45) is 0.310. The number of methoxy groups -OCH3 is 1. The van der Waals surface area contributed by atoms with E-state index in [0.29, 0.717) is 17.7 Å². The molecule has 0 spiro atoms. The number of benzene rings is 3. The molecule has 0 saturated heterocycles. The van der Waals surface area contributed by atoms with Crippen LogP contribution in [0.15, 0.2) is 83.8 Å². The van der Waals surface area contributed by atoms with Gasteiger partial charge >= 0.3 is 0 Å². The Morgan fingerprint density at radius 2 is 1.64 bits per heavy atom. The molecule has 1 unspecified atom stereocenters. The lowest BCUT2D eigenvalue weighted by Gasteiger charge is -2.33. The van der Waals surface area contributed by atoms with Crippen LogP contribution in [0.2, 0.25) is 0 Å². The van der Waals surface area contributed by atoms with Crippen molar-refractivity contribution in [3.63, 3.8) is 0 Å². The molecule has 0 aliphatic rings. The molecule has 0 aliphatic heterocycles. The lowest BCUT2D eigenvalue weighted by Crippen LogP contribution is -2.53. The van der Waals surface area contributed by atoms with Crippen molar-refractivity contribution in [2.24, 2.45) is 0 Å². The van der Waals surface area contributed by atoms with Crippen LogP contribution in [0, 0.1) is 5.82 Å². The number of hydrogen-bond donors (Lipinski definition) is 1. The maximum Gasteiger partial charge on any atom is 0.264 e. The summed E-state index contributed by atoms with van der Waals surface area (Å²) < 4.78 is 47.2. The topological polar surface area (TPSA) is 96.0 Å². The van der Waals surface area contributed by atoms with Gasteiger partial charge < -0.3 is 15.0 Å². The number of rotatable bonds is 12. The molecule has 1 atom stereocenters. The van der Waals surface area contributed by atoms with Gasteiger partial charge in [-0.25, -0.2) is 12.8 Å². The van der Waals surface area contributed by atoms with Crippen molar-refractivity contribution in [2.75, 3.05) is 18.0 Å². The Morgan fingerprint density at radius 1 is 0.974 bits per heavy atom. The Morgan fingerprint density at radius 3 is 2.23 bits per heavy atom. The summed E-state index contributed by atoms with van der Waals surface area (Å²) in [6.45, 7) is 4.93. The third kappa shape index (κ3) is 7.57. The van der Waals surface area contributed by atoms with Crippen molar-refractivity contribution in [3.8, 4) is 5.75 Å². The molecular formula is C29H34FN3O5S. The Hall–Kier alpha value is -3.92. The van der Waals surface area contributed by atoms with Crippen LogP contribution in [0.1, 0.15) is 32.8 Å². The molecule has 1 N–H and O–H groups in total. The number of carbonyl (C=O) groups is 2. The van der Waals surface area contributed by atoms with Crippen LogP contribution in [-0.2, 0) is 26.2 Å². The monoisotopic (exact) mass is 555 g/mol. The maximum absolute atomic E-state index is 14.0. The minimum absolute atomic E-state index is 0.0548. The molecular weight excluding hydrogens is 521 g/mol. The normalized spacial score (nSPS) is 12.1. The van der Waals surface area contributed by atoms with E-state index in [1.807, 2.05) is 13.8 Å². The molecule has 0 aromatic heterocycles. The molecule has 2 amide bonds. The van der Waals surface area contributed by atoms with Crippen LogP contribution in [0.3, 0.4) is 0 Å². The van der Waals surface area contributed by atoms with E-state index in [9.17, 15) is 22.4 Å². The number of sulfonamides is 1. The molecule has 0 heterocycles. The van der Waals surface area contributed by atoms with Gasteiger partial charge in [0.15, 0.2) is 0 Å². The highest BCUT2D eigenvalue weighted by molar-refractivity contribution is 7.92. The average molecular weight is 556 g/mol. The Bertz CT molecular complexity index is 1370. The van der Waals surface area contributed by atoms with Gasteiger partial charge in [0.2, 0.25) is 11.8 Å². The zero-order chi connectivity index (χ0) is 28.6. The second-order valence-corrected chi connectivity index (χ2v) is 11.1. The van der Waals surface area contributed by atoms with E-state index in [0.717, 1.165) is 28.6 Å². The van der Waals surface area contributed by atoms with E-state index in [2.05, 4.69) is 5.32 Å². The van der Waals surface area contributed by atoms with Crippen LogP contribution in [0.4, 0.5) is 10.1 Å². The predicted molar refractivity (Wildman–Crippen MR) is 148 cm³/mol. The highest BCUT2D eigenvalue weighted by atomic mass is 32.2. The van der Waals surface area contributed by atoms with E-state index in [1.54, 1.807) is 61.5 Å². The molecule has 3 aromatic rings. The SMILES string of the molecule is CCC(C(=O)NC(C)C)N(Cc1cccc(OC)c1)C(=O)CN(c1ccccc1)S(=O)(=O)c1ccc(F)cc1. The van der Waals surface area contributed by atoms with Crippen LogP contribution < -0.4 is 14.4 Å². The fourth-order valence-corrected chi connectivity index (χ4v) is 5.54. The fourth-order valence-electron chi connectivity index (χ4n) is 4.12. The Kier molecular flexibility index (Phi) is 10.1. The summed E-state index contributed by atoms with van der Waals surface area (Å²) in [5.74, 6) is -0.901. The summed E-state index contributed by atoms with van der Waals surface area (Å²) >= 11 is 0. The first-order valence-electron chi connectivity index (χ1n) is 12.6. The van der Waals surface area contributed by atoms with Crippen LogP contribution in [-0.4, -0.2) is 50.9 Å². The number of carbonyl (C=O) groups excluding carboxylic acids is 2. The second kappa shape index (κ2) is 13.2. The number of halogens is 1. The van der Waals surface area contributed by atoms with E-state index >= 15 is 0 Å². The minimum Gasteiger partial charge on any atom is -0.497 e. The number of ether oxygens (including phenoxy) is 1. The standard InChI is InChI=1S/C29H34FN3O5S/c1-5-27(29(35)31-21(2)3)32(19-22-10-9-13-25(18-22)38-4)28(34)20-33(24-11-7-6-8-12-24)39(36,37)26-16-14-23(30)15-17-26/h6-18,21,27H,5,19-20H2,1-4H3,(H,31,35). The summed E-state index contributed by atoms with van der Waals surface area (Å²) in [7, 11) is -2.72. The first-order valence-corrected chi connectivity index (χ1v) is 14.1. The lowest BCUT2D eigenvalue weighted by atomic mass is 10.1. The largest absolute Gasteiger partial charge is 0.497 e. The van der Waals surface area contributed by atoms with Crippen molar-refractivity contribution in [2.45, 2.75) is 50.7 Å². The van der Waals surface area contributed by atoms with Gasteiger partial charge in [-0.2, -0.15) is 0 Å². The maximum atomic E-state index is 14.0. The minimum atomic E-state index is -4.26. The van der Waals surface area contributed by atoms with Gasteiger partial charge in [-0.05, 0) is 74.4 Å². The highest BCUT2D eigenvalue weighted by Crippen LogP contribution is 2.25. The smallest absolute Gasteiger partial charge is 0.264 e. The summed E-state index contributed by atoms with van der Waals surface area (Å²) in [5.41, 5.74) is 0.974. The summed E-state index contributed by atoms with van der Waals surface area (Å²) in [4.78, 5) is 28.3. The zero-order valence-corrected chi connectivity index (χ0v) is 23.3. The molecule has 3 rings (SSSR count). The Balaban J connectivity index is 2.04. The number of nitrogens with one attached hydrogen (secondary N) is 1. The molecule has 208 valence electrons. The summed E-state index contributed by atoms with van der Waals surface area (Å²) in [5, 5.41) is 2.86. The van der Waals surface area contributed by atoms with Crippen LogP contribution in [0.5, 0.6) is 5.75 Å². The predicted octanol–water partition coefficient (Wildman–Crippen LogP) is 4.36. The van der Waals surface area contributed by atoms with Gasteiger partial charge in [0, 0.05) is 12.6 Å². The average Bonchev–Trinajstić information content (AvgIpc) is 2.91. The summed E-state index contributed by atoms with van der Waals surface area (Å²) in [6, 6.07) is 18.7. The molecule has 8 nitrogen and oxygen atoms in total. The van der Waals surface area contributed by atoms with E-state index in [1.165, 1.54) is 12.0 Å². The Labute approximate surface area is 229 Å². The van der Waals surface area contributed by atoms with Gasteiger partial charge in [0.1, 0.15) is 24.2 Å².